The number of hydrogen-bond donors (Lipinski definition) is 2. The molecule has 0 unspecified atom stereocenters. The molecule has 0 spiro atoms. The van der Waals surface area contributed by atoms with Gasteiger partial charge in [0.2, 0.25) is 0 Å². The van der Waals surface area contributed by atoms with Gasteiger partial charge in [0.1, 0.15) is 0 Å². The number of nitrogens with zero attached hydrogens (tertiary/aromatic N) is 1. The SMILES string of the molecule is Cc1ccc(S(=O)(=O)Nc2ccc(N3CC[NH+](C)CC3)cc2)cc1. The third-order valence-corrected chi connectivity index (χ3v) is 5.83. The normalized spacial score (nSPS) is 16.2. The van der Waals surface area contributed by atoms with Crippen LogP contribution in [0.3, 0.4) is 0 Å². The molecule has 0 bridgehead atoms. The van der Waals surface area contributed by atoms with Gasteiger partial charge in [-0.2, -0.15) is 0 Å². The Morgan fingerprint density at radius 2 is 1.54 bits per heavy atom. The summed E-state index contributed by atoms with van der Waals surface area (Å²) < 4.78 is 27.5. The number of likely N-dealkylation sites (N-methyl/N-ethyl adjacent to an activating group) is 1. The lowest BCUT2D eigenvalue weighted by molar-refractivity contribution is -0.880. The van der Waals surface area contributed by atoms with Gasteiger partial charge in [0, 0.05) is 11.4 Å². The molecular formula is C18H24N3O2S+. The number of nitrogens with one attached hydrogen (secondary N) is 2. The van der Waals surface area contributed by atoms with E-state index in [9.17, 15) is 8.42 Å². The molecule has 3 rings (SSSR count). The highest BCUT2D eigenvalue weighted by Crippen LogP contribution is 2.21. The van der Waals surface area contributed by atoms with E-state index in [-0.39, 0.29) is 4.90 Å². The van der Waals surface area contributed by atoms with Crippen molar-refractivity contribution in [1.29, 1.82) is 0 Å². The van der Waals surface area contributed by atoms with Crippen LogP contribution in [0.4, 0.5) is 11.4 Å². The molecule has 0 amide bonds. The first kappa shape index (κ1) is 16.8. The van der Waals surface area contributed by atoms with Crippen molar-refractivity contribution in [3.8, 4) is 0 Å². The average molecular weight is 346 g/mol. The zero-order chi connectivity index (χ0) is 17.2. The molecule has 0 radical (unpaired) electrons. The van der Waals surface area contributed by atoms with E-state index in [1.165, 1.54) is 0 Å². The Hall–Kier alpha value is -2.05. The number of piperazine rings is 1. The minimum atomic E-state index is -3.54. The Kier molecular flexibility index (Phi) is 4.78. The van der Waals surface area contributed by atoms with Crippen LogP contribution in [0.5, 0.6) is 0 Å². The first-order valence-electron chi connectivity index (χ1n) is 8.20. The van der Waals surface area contributed by atoms with Crippen LogP contribution in [0, 0.1) is 6.92 Å². The van der Waals surface area contributed by atoms with Crippen molar-refractivity contribution in [2.24, 2.45) is 0 Å². The predicted molar refractivity (Wildman–Crippen MR) is 97.3 cm³/mol. The summed E-state index contributed by atoms with van der Waals surface area (Å²) in [4.78, 5) is 4.17. The van der Waals surface area contributed by atoms with Crippen LogP contribution >= 0.6 is 0 Å². The fraction of sp³-hybridized carbons (Fsp3) is 0.333. The van der Waals surface area contributed by atoms with E-state index in [1.807, 2.05) is 31.2 Å². The number of aryl methyl sites for hydroxylation is 1. The van der Waals surface area contributed by atoms with Gasteiger partial charge in [-0.25, -0.2) is 8.42 Å². The molecule has 1 aliphatic heterocycles. The Bertz CT molecular complexity index is 778. The monoisotopic (exact) mass is 346 g/mol. The third-order valence-electron chi connectivity index (χ3n) is 4.43. The highest BCUT2D eigenvalue weighted by molar-refractivity contribution is 7.92. The number of benzene rings is 2. The van der Waals surface area contributed by atoms with Gasteiger partial charge < -0.3 is 9.80 Å². The first-order valence-corrected chi connectivity index (χ1v) is 9.68. The van der Waals surface area contributed by atoms with Gasteiger partial charge >= 0.3 is 0 Å². The molecule has 2 aromatic carbocycles. The zero-order valence-corrected chi connectivity index (χ0v) is 14.9. The lowest BCUT2D eigenvalue weighted by atomic mass is 10.2. The van der Waals surface area contributed by atoms with Gasteiger partial charge in [0.15, 0.2) is 0 Å². The van der Waals surface area contributed by atoms with E-state index in [0.29, 0.717) is 5.69 Å². The summed E-state index contributed by atoms with van der Waals surface area (Å²) in [5.74, 6) is 0. The highest BCUT2D eigenvalue weighted by Gasteiger charge is 2.17. The number of anilines is 2. The van der Waals surface area contributed by atoms with Crippen LogP contribution in [0.1, 0.15) is 5.56 Å². The average Bonchev–Trinajstić information content (AvgIpc) is 2.56. The molecule has 1 saturated heterocycles. The summed E-state index contributed by atoms with van der Waals surface area (Å²) in [6, 6.07) is 14.5. The van der Waals surface area contributed by atoms with Gasteiger partial charge in [-0.1, -0.05) is 17.7 Å². The van der Waals surface area contributed by atoms with Crippen LogP contribution in [0.15, 0.2) is 53.4 Å². The number of hydrogen-bond acceptors (Lipinski definition) is 3. The van der Waals surface area contributed by atoms with Crippen LogP contribution in [-0.2, 0) is 10.0 Å². The van der Waals surface area contributed by atoms with E-state index in [0.717, 1.165) is 37.4 Å². The summed E-state index contributed by atoms with van der Waals surface area (Å²) in [6.07, 6.45) is 0. The maximum absolute atomic E-state index is 12.4. The highest BCUT2D eigenvalue weighted by atomic mass is 32.2. The van der Waals surface area contributed by atoms with Crippen molar-refractivity contribution >= 4 is 21.4 Å². The van der Waals surface area contributed by atoms with Crippen molar-refractivity contribution in [2.45, 2.75) is 11.8 Å². The standard InChI is InChI=1S/C18H23N3O2S/c1-15-3-9-18(10-4-15)24(22,23)19-16-5-7-17(8-6-16)21-13-11-20(2)12-14-21/h3-10,19H,11-14H2,1-2H3/p+1. The van der Waals surface area contributed by atoms with Crippen molar-refractivity contribution < 1.29 is 13.3 Å². The molecule has 5 nitrogen and oxygen atoms in total. The molecule has 2 N–H and O–H groups in total. The van der Waals surface area contributed by atoms with Crippen LogP contribution in [-0.4, -0.2) is 41.6 Å². The lowest BCUT2D eigenvalue weighted by Gasteiger charge is -2.31. The Labute approximate surface area is 144 Å². The minimum absolute atomic E-state index is 0.277. The van der Waals surface area contributed by atoms with E-state index < -0.39 is 10.0 Å². The molecule has 24 heavy (non-hydrogen) atoms. The smallest absolute Gasteiger partial charge is 0.261 e. The van der Waals surface area contributed by atoms with E-state index in [1.54, 1.807) is 29.2 Å². The van der Waals surface area contributed by atoms with E-state index >= 15 is 0 Å². The van der Waals surface area contributed by atoms with Crippen LogP contribution in [0.2, 0.25) is 0 Å². The maximum atomic E-state index is 12.4. The van der Waals surface area contributed by atoms with Crippen LogP contribution < -0.4 is 14.5 Å². The molecular weight excluding hydrogens is 322 g/mol. The number of sulfonamides is 1. The Morgan fingerprint density at radius 3 is 2.12 bits per heavy atom. The molecule has 1 aliphatic rings. The summed E-state index contributed by atoms with van der Waals surface area (Å²) in [7, 11) is -1.33. The summed E-state index contributed by atoms with van der Waals surface area (Å²) in [5.41, 5.74) is 2.76. The molecule has 2 aromatic rings. The van der Waals surface area contributed by atoms with Gasteiger partial charge in [0.25, 0.3) is 10.0 Å². The fourth-order valence-electron chi connectivity index (χ4n) is 2.82. The molecule has 0 aliphatic carbocycles. The third kappa shape index (κ3) is 3.88. The predicted octanol–water partition coefficient (Wildman–Crippen LogP) is 1.13. The second-order valence-corrected chi connectivity index (χ2v) is 8.09. The molecule has 0 aromatic heterocycles. The molecule has 1 heterocycles. The van der Waals surface area contributed by atoms with Crippen molar-refractivity contribution in [2.75, 3.05) is 42.8 Å². The van der Waals surface area contributed by atoms with E-state index in [2.05, 4.69) is 16.7 Å². The Morgan fingerprint density at radius 1 is 0.958 bits per heavy atom. The first-order chi connectivity index (χ1) is 11.4. The Balaban J connectivity index is 1.70. The van der Waals surface area contributed by atoms with Gasteiger partial charge in [-0.3, -0.25) is 4.72 Å². The van der Waals surface area contributed by atoms with Crippen molar-refractivity contribution in [3.63, 3.8) is 0 Å². The summed E-state index contributed by atoms with van der Waals surface area (Å²) in [6.45, 7) is 6.24. The quantitative estimate of drug-likeness (QED) is 0.873. The van der Waals surface area contributed by atoms with Crippen molar-refractivity contribution in [1.82, 2.24) is 0 Å². The second kappa shape index (κ2) is 6.83. The van der Waals surface area contributed by atoms with Gasteiger partial charge in [-0.15, -0.1) is 0 Å². The van der Waals surface area contributed by atoms with Gasteiger partial charge in [-0.05, 0) is 43.3 Å². The maximum Gasteiger partial charge on any atom is 0.261 e. The lowest BCUT2D eigenvalue weighted by Crippen LogP contribution is -3.12. The largest absolute Gasteiger partial charge is 0.360 e. The molecule has 1 fully saturated rings. The van der Waals surface area contributed by atoms with Crippen molar-refractivity contribution in [3.05, 3.63) is 54.1 Å². The summed E-state index contributed by atoms with van der Waals surface area (Å²) >= 11 is 0. The van der Waals surface area contributed by atoms with Crippen LogP contribution in [0.25, 0.3) is 0 Å². The number of quaternary nitrogens is 1. The number of rotatable bonds is 4. The van der Waals surface area contributed by atoms with E-state index in [4.69, 9.17) is 0 Å². The zero-order valence-electron chi connectivity index (χ0n) is 14.1. The molecule has 6 heteroatoms. The van der Waals surface area contributed by atoms with Gasteiger partial charge in [0.05, 0.1) is 38.1 Å². The molecule has 128 valence electrons. The summed E-state index contributed by atoms with van der Waals surface area (Å²) in [5, 5.41) is 0. The second-order valence-electron chi connectivity index (χ2n) is 6.41. The fourth-order valence-corrected chi connectivity index (χ4v) is 3.88. The molecule has 0 atom stereocenters. The molecule has 0 saturated carbocycles. The minimum Gasteiger partial charge on any atom is -0.360 e. The topological polar surface area (TPSA) is 53.9 Å².